The van der Waals surface area contributed by atoms with Crippen molar-refractivity contribution in [2.24, 2.45) is 5.41 Å². The Morgan fingerprint density at radius 2 is 1.95 bits per heavy atom. The Labute approximate surface area is 112 Å². The summed E-state index contributed by atoms with van der Waals surface area (Å²) in [6, 6.07) is 3.83. The molecule has 1 unspecified atom stereocenters. The SMILES string of the molecule is CC(C)(C)C(O)Cc1nc(Cc2ccncc2)no1. The molecule has 0 fully saturated rings. The fraction of sp³-hybridized carbons (Fsp3) is 0.500. The van der Waals surface area contributed by atoms with Gasteiger partial charge in [0.1, 0.15) is 0 Å². The molecule has 0 aromatic carbocycles. The van der Waals surface area contributed by atoms with E-state index in [2.05, 4.69) is 15.1 Å². The van der Waals surface area contributed by atoms with E-state index in [1.165, 1.54) is 0 Å². The zero-order valence-electron chi connectivity index (χ0n) is 11.5. The summed E-state index contributed by atoms with van der Waals surface area (Å²) < 4.78 is 5.17. The highest BCUT2D eigenvalue weighted by atomic mass is 16.5. The van der Waals surface area contributed by atoms with E-state index in [9.17, 15) is 5.11 Å². The molecule has 1 N–H and O–H groups in total. The van der Waals surface area contributed by atoms with Gasteiger partial charge in [0.2, 0.25) is 5.89 Å². The normalized spacial score (nSPS) is 13.5. The summed E-state index contributed by atoms with van der Waals surface area (Å²) in [4.78, 5) is 8.26. The second-order valence-electron chi connectivity index (χ2n) is 5.72. The molecular weight excluding hydrogens is 242 g/mol. The second kappa shape index (κ2) is 5.48. The quantitative estimate of drug-likeness (QED) is 0.911. The lowest BCUT2D eigenvalue weighted by Crippen LogP contribution is -2.28. The van der Waals surface area contributed by atoms with Gasteiger partial charge >= 0.3 is 0 Å². The molecule has 0 saturated carbocycles. The van der Waals surface area contributed by atoms with Gasteiger partial charge in [-0.05, 0) is 23.1 Å². The molecule has 0 spiro atoms. The number of pyridine rings is 1. The van der Waals surface area contributed by atoms with Crippen LogP contribution in [-0.4, -0.2) is 26.3 Å². The van der Waals surface area contributed by atoms with Crippen LogP contribution in [-0.2, 0) is 12.8 Å². The van der Waals surface area contributed by atoms with E-state index in [1.54, 1.807) is 12.4 Å². The van der Waals surface area contributed by atoms with E-state index >= 15 is 0 Å². The molecule has 2 aromatic heterocycles. The molecule has 102 valence electrons. The van der Waals surface area contributed by atoms with E-state index in [0.29, 0.717) is 24.6 Å². The molecule has 2 aromatic rings. The van der Waals surface area contributed by atoms with Crippen LogP contribution in [0, 0.1) is 5.41 Å². The van der Waals surface area contributed by atoms with Crippen LogP contribution >= 0.6 is 0 Å². The minimum atomic E-state index is -0.498. The van der Waals surface area contributed by atoms with Gasteiger partial charge < -0.3 is 9.63 Å². The highest BCUT2D eigenvalue weighted by Gasteiger charge is 2.24. The van der Waals surface area contributed by atoms with Gasteiger partial charge in [0, 0.05) is 18.8 Å². The first-order valence-electron chi connectivity index (χ1n) is 6.33. The monoisotopic (exact) mass is 261 g/mol. The summed E-state index contributed by atoms with van der Waals surface area (Å²) in [5, 5.41) is 13.9. The Hall–Kier alpha value is -1.75. The van der Waals surface area contributed by atoms with E-state index in [1.807, 2.05) is 32.9 Å². The van der Waals surface area contributed by atoms with E-state index in [4.69, 9.17) is 4.52 Å². The van der Waals surface area contributed by atoms with Crippen molar-refractivity contribution in [3.63, 3.8) is 0 Å². The molecule has 5 heteroatoms. The number of nitrogens with zero attached hydrogens (tertiary/aromatic N) is 3. The zero-order chi connectivity index (χ0) is 13.9. The van der Waals surface area contributed by atoms with E-state index in [-0.39, 0.29) is 5.41 Å². The van der Waals surface area contributed by atoms with Crippen LogP contribution in [0.25, 0.3) is 0 Å². The van der Waals surface area contributed by atoms with Crippen molar-refractivity contribution in [1.82, 2.24) is 15.1 Å². The Bertz CT molecular complexity index is 517. The first-order valence-corrected chi connectivity index (χ1v) is 6.33. The molecule has 1 atom stereocenters. The maximum Gasteiger partial charge on any atom is 0.229 e. The smallest absolute Gasteiger partial charge is 0.229 e. The van der Waals surface area contributed by atoms with E-state index < -0.39 is 6.10 Å². The van der Waals surface area contributed by atoms with Crippen LogP contribution in [0.15, 0.2) is 29.0 Å². The lowest BCUT2D eigenvalue weighted by Gasteiger charge is -2.24. The third kappa shape index (κ3) is 3.86. The number of aliphatic hydroxyl groups is 1. The van der Waals surface area contributed by atoms with Gasteiger partial charge in [0.05, 0.1) is 12.5 Å². The van der Waals surface area contributed by atoms with Gasteiger partial charge in [-0.3, -0.25) is 4.98 Å². The molecule has 5 nitrogen and oxygen atoms in total. The molecule has 0 aliphatic heterocycles. The Morgan fingerprint density at radius 3 is 2.58 bits per heavy atom. The summed E-state index contributed by atoms with van der Waals surface area (Å²) in [7, 11) is 0. The van der Waals surface area contributed by atoms with Crippen molar-refractivity contribution in [2.75, 3.05) is 0 Å². The molecule has 2 heterocycles. The van der Waals surface area contributed by atoms with Crippen molar-refractivity contribution >= 4 is 0 Å². The van der Waals surface area contributed by atoms with Crippen LogP contribution in [0.5, 0.6) is 0 Å². The molecule has 0 aliphatic carbocycles. The van der Waals surface area contributed by atoms with Crippen LogP contribution < -0.4 is 0 Å². The summed E-state index contributed by atoms with van der Waals surface area (Å²) >= 11 is 0. The Balaban J connectivity index is 2.00. The maximum atomic E-state index is 10.0. The van der Waals surface area contributed by atoms with Gasteiger partial charge in [0.25, 0.3) is 0 Å². The predicted octanol–water partition coefficient (Wildman–Crippen LogP) is 2.00. The number of rotatable bonds is 4. The topological polar surface area (TPSA) is 72.0 Å². The zero-order valence-corrected chi connectivity index (χ0v) is 11.5. The van der Waals surface area contributed by atoms with Gasteiger partial charge in [-0.15, -0.1) is 0 Å². The first-order chi connectivity index (χ1) is 8.95. The van der Waals surface area contributed by atoms with Crippen molar-refractivity contribution in [2.45, 2.75) is 39.7 Å². The summed E-state index contributed by atoms with van der Waals surface area (Å²) in [6.45, 7) is 5.93. The van der Waals surface area contributed by atoms with Gasteiger partial charge in [0.15, 0.2) is 5.82 Å². The van der Waals surface area contributed by atoms with Crippen molar-refractivity contribution < 1.29 is 9.63 Å². The molecule has 19 heavy (non-hydrogen) atoms. The molecule has 0 saturated heterocycles. The number of hydrogen-bond acceptors (Lipinski definition) is 5. The van der Waals surface area contributed by atoms with Crippen LogP contribution in [0.1, 0.15) is 38.0 Å². The summed E-state index contributed by atoms with van der Waals surface area (Å²) in [5.74, 6) is 1.11. The second-order valence-corrected chi connectivity index (χ2v) is 5.72. The molecule has 0 bridgehead atoms. The van der Waals surface area contributed by atoms with Crippen molar-refractivity contribution in [3.05, 3.63) is 41.8 Å². The highest BCUT2D eigenvalue weighted by molar-refractivity contribution is 5.14. The predicted molar refractivity (Wildman–Crippen MR) is 70.5 cm³/mol. The van der Waals surface area contributed by atoms with Gasteiger partial charge in [-0.1, -0.05) is 25.9 Å². The lowest BCUT2D eigenvalue weighted by molar-refractivity contribution is 0.0565. The molecular formula is C14H19N3O2. The third-order valence-corrected chi connectivity index (χ3v) is 2.99. The third-order valence-electron chi connectivity index (χ3n) is 2.99. The van der Waals surface area contributed by atoms with E-state index in [0.717, 1.165) is 5.56 Å². The minimum Gasteiger partial charge on any atom is -0.392 e. The van der Waals surface area contributed by atoms with Crippen molar-refractivity contribution in [3.8, 4) is 0 Å². The fourth-order valence-corrected chi connectivity index (χ4v) is 1.60. The average Bonchev–Trinajstić information content (AvgIpc) is 2.76. The largest absolute Gasteiger partial charge is 0.392 e. The summed E-state index contributed by atoms with van der Waals surface area (Å²) in [5.41, 5.74) is 0.887. The molecule has 0 aliphatic rings. The average molecular weight is 261 g/mol. The first kappa shape index (κ1) is 13.7. The highest BCUT2D eigenvalue weighted by Crippen LogP contribution is 2.21. The van der Waals surface area contributed by atoms with Crippen LogP contribution in [0.4, 0.5) is 0 Å². The number of hydrogen-bond donors (Lipinski definition) is 1. The molecule has 0 radical (unpaired) electrons. The molecule has 2 rings (SSSR count). The number of aliphatic hydroxyl groups excluding tert-OH is 1. The standard InChI is InChI=1S/C14H19N3O2/c1-14(2,3)11(18)9-13-16-12(17-19-13)8-10-4-6-15-7-5-10/h4-7,11,18H,8-9H2,1-3H3. The maximum absolute atomic E-state index is 10.0. The fourth-order valence-electron chi connectivity index (χ4n) is 1.60. The van der Waals surface area contributed by atoms with Crippen molar-refractivity contribution in [1.29, 1.82) is 0 Å². The summed E-state index contributed by atoms with van der Waals surface area (Å²) in [6.07, 6.45) is 3.96. The van der Waals surface area contributed by atoms with Crippen LogP contribution in [0.3, 0.4) is 0 Å². The Kier molecular flexibility index (Phi) is 3.95. The minimum absolute atomic E-state index is 0.195. The van der Waals surface area contributed by atoms with Crippen LogP contribution in [0.2, 0.25) is 0 Å². The van der Waals surface area contributed by atoms with Gasteiger partial charge in [-0.2, -0.15) is 4.98 Å². The molecule has 0 amide bonds. The van der Waals surface area contributed by atoms with Gasteiger partial charge in [-0.25, -0.2) is 0 Å². The Morgan fingerprint density at radius 1 is 1.26 bits per heavy atom. The number of aromatic nitrogens is 3. The lowest BCUT2D eigenvalue weighted by atomic mass is 9.87.